The van der Waals surface area contributed by atoms with Crippen LogP contribution in [0.15, 0.2) is 24.3 Å². The molecule has 0 radical (unpaired) electrons. The molecule has 21 heavy (non-hydrogen) atoms. The fraction of sp³-hybridized carbons (Fsp3) is 0.588. The number of benzene rings is 1. The predicted molar refractivity (Wildman–Crippen MR) is 84.5 cm³/mol. The van der Waals surface area contributed by atoms with Crippen molar-refractivity contribution in [2.24, 2.45) is 30.6 Å². The summed E-state index contributed by atoms with van der Waals surface area (Å²) in [5.74, 6) is 8.47. The molecule has 2 fully saturated rings. The van der Waals surface area contributed by atoms with Gasteiger partial charge in [0.05, 0.1) is 11.2 Å². The number of hydrogen-bond acceptors (Lipinski definition) is 3. The van der Waals surface area contributed by atoms with Gasteiger partial charge in [-0.3, -0.25) is 16.0 Å². The zero-order valence-corrected chi connectivity index (χ0v) is 12.6. The van der Waals surface area contributed by atoms with E-state index >= 15 is 0 Å². The molecule has 2 aliphatic carbocycles. The van der Waals surface area contributed by atoms with E-state index in [-0.39, 0.29) is 0 Å². The van der Waals surface area contributed by atoms with Crippen LogP contribution in [0, 0.1) is 17.8 Å². The van der Waals surface area contributed by atoms with Crippen molar-refractivity contribution >= 4 is 10.9 Å². The highest BCUT2D eigenvalue weighted by Gasteiger charge is 2.43. The second kappa shape index (κ2) is 5.11. The molecule has 112 valence electrons. The summed E-state index contributed by atoms with van der Waals surface area (Å²) in [7, 11) is 2.02. The summed E-state index contributed by atoms with van der Waals surface area (Å²) >= 11 is 0. The zero-order valence-electron chi connectivity index (χ0n) is 12.6. The largest absolute Gasteiger partial charge is 0.271 e. The molecule has 0 amide bonds. The fourth-order valence-electron chi connectivity index (χ4n) is 4.77. The minimum absolute atomic E-state index is 0.360. The van der Waals surface area contributed by atoms with Crippen molar-refractivity contribution in [2.45, 2.75) is 38.1 Å². The highest BCUT2D eigenvalue weighted by molar-refractivity contribution is 5.81. The molecule has 3 N–H and O–H groups in total. The molecule has 1 aromatic carbocycles. The lowest BCUT2D eigenvalue weighted by Gasteiger charge is -2.29. The van der Waals surface area contributed by atoms with Gasteiger partial charge in [-0.1, -0.05) is 24.6 Å². The van der Waals surface area contributed by atoms with Crippen LogP contribution in [0.1, 0.15) is 31.4 Å². The molecule has 0 saturated heterocycles. The number of rotatable bonds is 4. The predicted octanol–water partition coefficient (Wildman–Crippen LogP) is 2.38. The van der Waals surface area contributed by atoms with Crippen molar-refractivity contribution in [3.05, 3.63) is 30.0 Å². The third-order valence-electron chi connectivity index (χ3n) is 5.77. The molecule has 1 aromatic heterocycles. The topological polar surface area (TPSA) is 55.9 Å². The van der Waals surface area contributed by atoms with Gasteiger partial charge in [-0.25, -0.2) is 0 Å². The Morgan fingerprint density at radius 1 is 1.33 bits per heavy atom. The molecule has 2 saturated carbocycles. The Morgan fingerprint density at radius 3 is 2.90 bits per heavy atom. The Hall–Kier alpha value is -1.39. The minimum Gasteiger partial charge on any atom is -0.271 e. The summed E-state index contributed by atoms with van der Waals surface area (Å²) in [6.45, 7) is 0. The maximum absolute atomic E-state index is 5.90. The van der Waals surface area contributed by atoms with Gasteiger partial charge in [0, 0.05) is 24.9 Å². The molecule has 2 aliphatic rings. The first-order valence-electron chi connectivity index (χ1n) is 8.13. The number of aromatic nitrogens is 2. The van der Waals surface area contributed by atoms with Crippen LogP contribution in [-0.2, 0) is 13.5 Å². The molecule has 4 unspecified atom stereocenters. The minimum atomic E-state index is 0.360. The Kier molecular flexibility index (Phi) is 3.23. The van der Waals surface area contributed by atoms with Crippen molar-refractivity contribution < 1.29 is 0 Å². The van der Waals surface area contributed by atoms with Crippen molar-refractivity contribution in [3.63, 3.8) is 0 Å². The summed E-state index contributed by atoms with van der Waals surface area (Å²) < 4.78 is 1.99. The Labute approximate surface area is 125 Å². The number of nitrogens with one attached hydrogen (secondary N) is 1. The van der Waals surface area contributed by atoms with Gasteiger partial charge in [0.2, 0.25) is 0 Å². The Morgan fingerprint density at radius 2 is 2.19 bits per heavy atom. The third-order valence-corrected chi connectivity index (χ3v) is 5.77. The van der Waals surface area contributed by atoms with E-state index in [0.717, 1.165) is 24.2 Å². The normalized spacial score (nSPS) is 29.3. The van der Waals surface area contributed by atoms with E-state index in [9.17, 15) is 0 Å². The summed E-state index contributed by atoms with van der Waals surface area (Å²) in [6, 6.07) is 8.83. The summed E-state index contributed by atoms with van der Waals surface area (Å²) in [5.41, 5.74) is 5.49. The number of hydrazine groups is 1. The van der Waals surface area contributed by atoms with Crippen molar-refractivity contribution in [3.8, 4) is 0 Å². The van der Waals surface area contributed by atoms with Crippen LogP contribution in [0.4, 0.5) is 0 Å². The SMILES string of the molecule is Cn1nc(CC(NN)C2CC3CCC2C3)c2ccccc21. The summed E-state index contributed by atoms with van der Waals surface area (Å²) in [6.07, 6.45) is 6.54. The molecule has 4 nitrogen and oxygen atoms in total. The lowest BCUT2D eigenvalue weighted by atomic mass is 9.81. The van der Waals surface area contributed by atoms with Crippen molar-refractivity contribution in [1.29, 1.82) is 0 Å². The Balaban J connectivity index is 1.61. The molecule has 0 aliphatic heterocycles. The van der Waals surface area contributed by atoms with Gasteiger partial charge in [-0.15, -0.1) is 0 Å². The van der Waals surface area contributed by atoms with Crippen LogP contribution in [-0.4, -0.2) is 15.8 Å². The van der Waals surface area contributed by atoms with Crippen molar-refractivity contribution in [2.75, 3.05) is 0 Å². The maximum atomic E-state index is 5.90. The first-order valence-corrected chi connectivity index (χ1v) is 8.13. The molecular formula is C17H24N4. The number of nitrogens with two attached hydrogens (primary N) is 1. The highest BCUT2D eigenvalue weighted by Crippen LogP contribution is 2.49. The summed E-state index contributed by atoms with van der Waals surface area (Å²) in [4.78, 5) is 0. The lowest BCUT2D eigenvalue weighted by Crippen LogP contribution is -2.44. The summed E-state index contributed by atoms with van der Waals surface area (Å²) in [5, 5.41) is 6.00. The number of para-hydroxylation sites is 1. The second-order valence-electron chi connectivity index (χ2n) is 6.90. The first-order chi connectivity index (χ1) is 10.3. The van der Waals surface area contributed by atoms with Crippen LogP contribution >= 0.6 is 0 Å². The van der Waals surface area contributed by atoms with E-state index in [4.69, 9.17) is 10.9 Å². The second-order valence-corrected chi connectivity index (χ2v) is 6.90. The van der Waals surface area contributed by atoms with Crippen LogP contribution in [0.25, 0.3) is 10.9 Å². The standard InChI is InChI=1S/C17H24N4/c1-21-17-5-3-2-4-13(17)16(20-21)10-15(19-18)14-9-11-6-7-12(14)8-11/h2-5,11-12,14-15,19H,6-10,18H2,1H3. The molecule has 4 rings (SSSR count). The van der Waals surface area contributed by atoms with E-state index in [1.54, 1.807) is 0 Å². The van der Waals surface area contributed by atoms with Crippen LogP contribution in [0.3, 0.4) is 0 Å². The smallest absolute Gasteiger partial charge is 0.0719 e. The van der Waals surface area contributed by atoms with E-state index in [1.165, 1.54) is 42.3 Å². The molecule has 2 aromatic rings. The average molecular weight is 284 g/mol. The van der Waals surface area contributed by atoms with Gasteiger partial charge in [0.15, 0.2) is 0 Å². The molecule has 0 spiro atoms. The average Bonchev–Trinajstić information content (AvgIpc) is 3.20. The van der Waals surface area contributed by atoms with Gasteiger partial charge in [-0.05, 0) is 43.1 Å². The first kappa shape index (κ1) is 13.3. The highest BCUT2D eigenvalue weighted by atomic mass is 15.3. The van der Waals surface area contributed by atoms with E-state index < -0.39 is 0 Å². The van der Waals surface area contributed by atoms with Gasteiger partial charge < -0.3 is 0 Å². The third kappa shape index (κ3) is 2.17. The molecule has 1 heterocycles. The van der Waals surface area contributed by atoms with Gasteiger partial charge in [-0.2, -0.15) is 5.10 Å². The van der Waals surface area contributed by atoms with E-state index in [2.05, 4.69) is 29.7 Å². The molecule has 4 heteroatoms. The molecule has 4 atom stereocenters. The van der Waals surface area contributed by atoms with Gasteiger partial charge >= 0.3 is 0 Å². The quantitative estimate of drug-likeness (QED) is 0.669. The fourth-order valence-corrected chi connectivity index (χ4v) is 4.77. The molecule has 2 bridgehead atoms. The number of fused-ring (bicyclic) bond motifs is 3. The number of aryl methyl sites for hydroxylation is 1. The van der Waals surface area contributed by atoms with E-state index in [0.29, 0.717) is 6.04 Å². The monoisotopic (exact) mass is 284 g/mol. The maximum Gasteiger partial charge on any atom is 0.0719 e. The van der Waals surface area contributed by atoms with Gasteiger partial charge in [0.1, 0.15) is 0 Å². The van der Waals surface area contributed by atoms with Crippen LogP contribution in [0.5, 0.6) is 0 Å². The number of nitrogens with zero attached hydrogens (tertiary/aromatic N) is 2. The number of hydrogen-bond donors (Lipinski definition) is 2. The van der Waals surface area contributed by atoms with Crippen LogP contribution in [0.2, 0.25) is 0 Å². The van der Waals surface area contributed by atoms with Crippen LogP contribution < -0.4 is 11.3 Å². The van der Waals surface area contributed by atoms with E-state index in [1.807, 2.05) is 11.7 Å². The van der Waals surface area contributed by atoms with Gasteiger partial charge in [0.25, 0.3) is 0 Å². The Bertz CT molecular complexity index is 647. The lowest BCUT2D eigenvalue weighted by molar-refractivity contribution is 0.247. The van der Waals surface area contributed by atoms with Crippen molar-refractivity contribution in [1.82, 2.24) is 15.2 Å². The zero-order chi connectivity index (χ0) is 14.4. The molecular weight excluding hydrogens is 260 g/mol.